The van der Waals surface area contributed by atoms with Gasteiger partial charge in [0.1, 0.15) is 16.9 Å². The largest absolute Gasteiger partial charge is 0.342 e. The highest BCUT2D eigenvalue weighted by atomic mass is 32.2. The Labute approximate surface area is 154 Å². The van der Waals surface area contributed by atoms with Crippen LogP contribution in [0.2, 0.25) is 0 Å². The lowest BCUT2D eigenvalue weighted by molar-refractivity contribution is 0.0934. The molecule has 1 amide bonds. The molecule has 0 saturated heterocycles. The van der Waals surface area contributed by atoms with Crippen molar-refractivity contribution in [2.75, 3.05) is 12.0 Å². The number of nitrogens with one attached hydrogen (secondary N) is 3. The molecule has 2 aromatic heterocycles. The minimum absolute atomic E-state index is 0.151. The molecule has 0 aliphatic rings. The maximum atomic E-state index is 12.8. The topological polar surface area (TPSA) is 99.3 Å². The van der Waals surface area contributed by atoms with Gasteiger partial charge in [-0.3, -0.25) is 4.79 Å². The lowest BCUT2D eigenvalue weighted by Crippen LogP contribution is -2.29. The van der Waals surface area contributed by atoms with Crippen molar-refractivity contribution in [1.29, 1.82) is 0 Å². The molecule has 0 radical (unpaired) electrons. The van der Waals surface area contributed by atoms with Crippen molar-refractivity contribution >= 4 is 39.7 Å². The minimum Gasteiger partial charge on any atom is -0.342 e. The van der Waals surface area contributed by atoms with E-state index < -0.39 is 0 Å². The first-order valence-electron chi connectivity index (χ1n) is 8.29. The highest BCUT2D eigenvalue weighted by Gasteiger charge is 2.19. The fourth-order valence-corrected chi connectivity index (χ4v) is 3.35. The standard InChI is InChI=1S/C18H18N6OS/c1-26-9-8-15(17-19-12-4-2-3-5-13(12)20-17)21-18(25)11-6-7-14-16(10-11)23-24-22-14/h2-7,10,15H,8-9H2,1H3,(H,19,20)(H,21,25)(H,22,23,24)/t15-/m1/s1. The summed E-state index contributed by atoms with van der Waals surface area (Å²) >= 11 is 1.74. The van der Waals surface area contributed by atoms with E-state index in [9.17, 15) is 4.79 Å². The zero-order valence-corrected chi connectivity index (χ0v) is 15.0. The monoisotopic (exact) mass is 366 g/mol. The van der Waals surface area contributed by atoms with Gasteiger partial charge in [0.05, 0.1) is 17.1 Å². The molecule has 26 heavy (non-hydrogen) atoms. The molecule has 4 aromatic rings. The van der Waals surface area contributed by atoms with Crippen LogP contribution >= 0.6 is 11.8 Å². The normalized spacial score (nSPS) is 12.5. The van der Waals surface area contributed by atoms with E-state index in [-0.39, 0.29) is 11.9 Å². The van der Waals surface area contributed by atoms with Gasteiger partial charge < -0.3 is 10.3 Å². The molecular weight excluding hydrogens is 348 g/mol. The fourth-order valence-electron chi connectivity index (χ4n) is 2.87. The van der Waals surface area contributed by atoms with Crippen LogP contribution in [0, 0.1) is 0 Å². The van der Waals surface area contributed by atoms with Crippen molar-refractivity contribution < 1.29 is 4.79 Å². The van der Waals surface area contributed by atoms with Gasteiger partial charge in [0.25, 0.3) is 5.91 Å². The van der Waals surface area contributed by atoms with Crippen LogP contribution in [0.5, 0.6) is 0 Å². The third kappa shape index (κ3) is 3.28. The summed E-state index contributed by atoms with van der Waals surface area (Å²) in [5, 5.41) is 13.7. The van der Waals surface area contributed by atoms with Gasteiger partial charge in [-0.2, -0.15) is 27.2 Å². The Morgan fingerprint density at radius 3 is 2.85 bits per heavy atom. The molecule has 0 bridgehead atoms. The van der Waals surface area contributed by atoms with E-state index in [0.717, 1.165) is 34.5 Å². The summed E-state index contributed by atoms with van der Waals surface area (Å²) in [5.74, 6) is 1.54. The van der Waals surface area contributed by atoms with Gasteiger partial charge in [-0.05, 0) is 48.8 Å². The molecule has 2 aromatic carbocycles. The van der Waals surface area contributed by atoms with E-state index in [1.165, 1.54) is 0 Å². The smallest absolute Gasteiger partial charge is 0.251 e. The summed E-state index contributed by atoms with van der Waals surface area (Å²) < 4.78 is 0. The van der Waals surface area contributed by atoms with Gasteiger partial charge in [0.2, 0.25) is 0 Å². The van der Waals surface area contributed by atoms with Crippen molar-refractivity contribution in [3.63, 3.8) is 0 Å². The van der Waals surface area contributed by atoms with Gasteiger partial charge in [0.15, 0.2) is 0 Å². The zero-order chi connectivity index (χ0) is 17.9. The average molecular weight is 366 g/mol. The van der Waals surface area contributed by atoms with Crippen LogP contribution in [0.3, 0.4) is 0 Å². The van der Waals surface area contributed by atoms with Gasteiger partial charge in [-0.1, -0.05) is 12.1 Å². The molecule has 0 aliphatic carbocycles. The van der Waals surface area contributed by atoms with Crippen LogP contribution in [0.15, 0.2) is 42.5 Å². The van der Waals surface area contributed by atoms with Crippen molar-refractivity contribution in [1.82, 2.24) is 30.7 Å². The lowest BCUT2D eigenvalue weighted by atomic mass is 10.1. The highest BCUT2D eigenvalue weighted by molar-refractivity contribution is 7.98. The molecule has 132 valence electrons. The van der Waals surface area contributed by atoms with Crippen LogP contribution in [-0.2, 0) is 0 Å². The number of amides is 1. The van der Waals surface area contributed by atoms with Gasteiger partial charge in [-0.25, -0.2) is 4.98 Å². The molecule has 4 rings (SSSR count). The minimum atomic E-state index is -0.185. The summed E-state index contributed by atoms with van der Waals surface area (Å²) in [6.07, 6.45) is 2.84. The third-order valence-corrected chi connectivity index (χ3v) is 4.88. The number of H-pyrrole nitrogens is 2. The van der Waals surface area contributed by atoms with E-state index in [1.807, 2.05) is 24.3 Å². The summed E-state index contributed by atoms with van der Waals surface area (Å²) in [5.41, 5.74) is 3.82. The highest BCUT2D eigenvalue weighted by Crippen LogP contribution is 2.21. The second-order valence-corrected chi connectivity index (χ2v) is 6.96. The molecule has 7 nitrogen and oxygen atoms in total. The predicted octanol–water partition coefficient (Wildman–Crippen LogP) is 3.06. The van der Waals surface area contributed by atoms with Crippen molar-refractivity contribution in [2.24, 2.45) is 0 Å². The van der Waals surface area contributed by atoms with E-state index in [4.69, 9.17) is 0 Å². The Hall–Kier alpha value is -2.87. The molecule has 3 N–H and O–H groups in total. The molecule has 0 fully saturated rings. The number of hydrogen-bond acceptors (Lipinski definition) is 5. The van der Waals surface area contributed by atoms with Crippen LogP contribution in [0.4, 0.5) is 0 Å². The Bertz CT molecular complexity index is 1020. The maximum absolute atomic E-state index is 12.8. The Balaban J connectivity index is 1.60. The zero-order valence-electron chi connectivity index (χ0n) is 14.2. The Kier molecular flexibility index (Phi) is 4.57. The van der Waals surface area contributed by atoms with E-state index in [0.29, 0.717) is 11.1 Å². The first-order chi connectivity index (χ1) is 12.7. The number of carbonyl (C=O) groups is 1. The number of para-hydroxylation sites is 2. The number of hydrogen-bond donors (Lipinski definition) is 3. The summed E-state index contributed by atoms with van der Waals surface area (Å²) in [7, 11) is 0. The summed E-state index contributed by atoms with van der Waals surface area (Å²) in [6.45, 7) is 0. The molecule has 1 atom stereocenters. The second kappa shape index (κ2) is 7.17. The molecule has 0 saturated carbocycles. The van der Waals surface area contributed by atoms with E-state index in [1.54, 1.807) is 30.0 Å². The number of rotatable bonds is 6. The number of imidazole rings is 1. The molecule has 2 heterocycles. The number of aromatic amines is 2. The first-order valence-corrected chi connectivity index (χ1v) is 9.69. The molecule has 8 heteroatoms. The first kappa shape index (κ1) is 16.6. The molecular formula is C18H18N6OS. The number of thioether (sulfide) groups is 1. The number of nitrogens with zero attached hydrogens (tertiary/aromatic N) is 3. The van der Waals surface area contributed by atoms with E-state index in [2.05, 4.69) is 37.0 Å². The number of benzene rings is 2. The summed E-state index contributed by atoms with van der Waals surface area (Å²) in [6, 6.07) is 13.0. The van der Waals surface area contributed by atoms with Crippen LogP contribution in [0.1, 0.15) is 28.6 Å². The second-order valence-electron chi connectivity index (χ2n) is 5.97. The van der Waals surface area contributed by atoms with E-state index >= 15 is 0 Å². The Morgan fingerprint density at radius 2 is 2.00 bits per heavy atom. The van der Waals surface area contributed by atoms with Crippen LogP contribution in [0.25, 0.3) is 22.1 Å². The predicted molar refractivity (Wildman–Crippen MR) is 103 cm³/mol. The number of fused-ring (bicyclic) bond motifs is 2. The third-order valence-electron chi connectivity index (χ3n) is 4.23. The van der Waals surface area contributed by atoms with Crippen LogP contribution < -0.4 is 5.32 Å². The van der Waals surface area contributed by atoms with Crippen molar-refractivity contribution in [3.8, 4) is 0 Å². The van der Waals surface area contributed by atoms with Gasteiger partial charge in [-0.15, -0.1) is 0 Å². The molecule has 0 aliphatic heterocycles. The van der Waals surface area contributed by atoms with Crippen molar-refractivity contribution in [3.05, 3.63) is 53.9 Å². The van der Waals surface area contributed by atoms with Gasteiger partial charge >= 0.3 is 0 Å². The summed E-state index contributed by atoms with van der Waals surface area (Å²) in [4.78, 5) is 20.7. The quantitative estimate of drug-likeness (QED) is 0.487. The Morgan fingerprint density at radius 1 is 1.15 bits per heavy atom. The van der Waals surface area contributed by atoms with Crippen LogP contribution in [-0.4, -0.2) is 43.3 Å². The average Bonchev–Trinajstić information content (AvgIpc) is 3.30. The number of aromatic nitrogens is 5. The SMILES string of the molecule is CSCC[C@@H](NC(=O)c1ccc2n[nH]nc2c1)c1nc2ccccc2[nH]1. The molecule has 0 spiro atoms. The van der Waals surface area contributed by atoms with Crippen molar-refractivity contribution in [2.45, 2.75) is 12.5 Å². The maximum Gasteiger partial charge on any atom is 0.251 e. The van der Waals surface area contributed by atoms with Gasteiger partial charge in [0, 0.05) is 5.56 Å². The lowest BCUT2D eigenvalue weighted by Gasteiger charge is -2.16. The fraction of sp³-hybridized carbons (Fsp3) is 0.222. The molecule has 0 unspecified atom stereocenters. The number of carbonyl (C=O) groups excluding carboxylic acids is 1.